The normalized spacial score (nSPS) is 11.5. The van der Waals surface area contributed by atoms with Crippen molar-refractivity contribution in [2.45, 2.75) is 0 Å². The largest absolute Gasteiger partial charge is 0.246 e. The molecule has 0 bridgehead atoms. The van der Waals surface area contributed by atoms with Gasteiger partial charge in [-0.1, -0.05) is 127 Å². The lowest BCUT2D eigenvalue weighted by Gasteiger charge is -2.19. The van der Waals surface area contributed by atoms with Gasteiger partial charge in [-0.2, -0.15) is 0 Å². The van der Waals surface area contributed by atoms with E-state index in [1.165, 1.54) is 44.2 Å². The summed E-state index contributed by atoms with van der Waals surface area (Å²) in [6, 6.07) is 45.2. The Bertz CT molecular complexity index is 1660. The van der Waals surface area contributed by atoms with Crippen molar-refractivity contribution < 1.29 is 0 Å². The van der Waals surface area contributed by atoms with Gasteiger partial charge in [0.05, 0.1) is 11.4 Å². The molecule has 0 radical (unpaired) electrons. The van der Waals surface area contributed by atoms with Crippen LogP contribution in [0, 0.1) is 0 Å². The van der Waals surface area contributed by atoms with Crippen LogP contribution in [0.4, 0.5) is 0 Å². The molecule has 1 nitrogen and oxygen atoms in total. The molecular weight excluding hydrogens is 410 g/mol. The smallest absolute Gasteiger partial charge is 0.0794 e. The van der Waals surface area contributed by atoms with Gasteiger partial charge in [0.1, 0.15) is 0 Å². The molecule has 0 spiro atoms. The molecule has 0 unspecified atom stereocenters. The van der Waals surface area contributed by atoms with Gasteiger partial charge in [0.25, 0.3) is 0 Å². The second-order valence-electron chi connectivity index (χ2n) is 8.74. The SMILES string of the molecule is c1ccc(-c2nc(-c3ccccc3)c3c(c2-c2ccccc2)-c2cccc4cccc-3c24)cc1. The Hall–Kier alpha value is -4.49. The molecule has 0 saturated carbocycles. The molecule has 7 rings (SSSR count). The minimum Gasteiger partial charge on any atom is -0.246 e. The van der Waals surface area contributed by atoms with Crippen LogP contribution in [-0.2, 0) is 0 Å². The molecular formula is C33H21N. The summed E-state index contributed by atoms with van der Waals surface area (Å²) in [5, 5.41) is 2.59. The van der Waals surface area contributed by atoms with E-state index < -0.39 is 0 Å². The van der Waals surface area contributed by atoms with Gasteiger partial charge < -0.3 is 0 Å². The molecule has 0 N–H and O–H groups in total. The topological polar surface area (TPSA) is 12.9 Å². The number of nitrogens with zero attached hydrogens (tertiary/aromatic N) is 1. The minimum atomic E-state index is 1.02. The highest BCUT2D eigenvalue weighted by molar-refractivity contribution is 6.21. The molecule has 158 valence electrons. The van der Waals surface area contributed by atoms with Crippen molar-refractivity contribution in [2.75, 3.05) is 0 Å². The first-order valence-electron chi connectivity index (χ1n) is 11.7. The zero-order valence-corrected chi connectivity index (χ0v) is 18.6. The molecule has 1 aliphatic carbocycles. The van der Waals surface area contributed by atoms with Crippen molar-refractivity contribution in [2.24, 2.45) is 0 Å². The van der Waals surface area contributed by atoms with E-state index in [1.807, 2.05) is 0 Å². The van der Waals surface area contributed by atoms with Gasteiger partial charge in [-0.15, -0.1) is 0 Å². The number of hydrogen-bond donors (Lipinski definition) is 0. The van der Waals surface area contributed by atoms with Crippen LogP contribution in [0.15, 0.2) is 127 Å². The van der Waals surface area contributed by atoms with Gasteiger partial charge >= 0.3 is 0 Å². The number of aromatic nitrogens is 1. The van der Waals surface area contributed by atoms with Gasteiger partial charge in [0.2, 0.25) is 0 Å². The van der Waals surface area contributed by atoms with Gasteiger partial charge in [-0.3, -0.25) is 0 Å². The number of rotatable bonds is 3. The molecule has 0 amide bonds. The molecule has 5 aromatic carbocycles. The molecule has 1 heterocycles. The molecule has 0 aliphatic heterocycles. The summed E-state index contributed by atoms with van der Waals surface area (Å²) >= 11 is 0. The average molecular weight is 432 g/mol. The molecule has 6 aromatic rings. The number of hydrogen-bond acceptors (Lipinski definition) is 1. The van der Waals surface area contributed by atoms with Gasteiger partial charge in [0, 0.05) is 27.8 Å². The fraction of sp³-hybridized carbons (Fsp3) is 0. The van der Waals surface area contributed by atoms with Crippen LogP contribution < -0.4 is 0 Å². The standard InChI is InChI=1S/C33H21N/c1-4-12-23(13-5-1)29-30-26-20-10-18-22-19-11-21-27(28(22)26)31(30)33(25-16-8-3-9-17-25)34-32(29)24-14-6-2-7-15-24/h1-21H. The van der Waals surface area contributed by atoms with Crippen molar-refractivity contribution in [3.8, 4) is 55.9 Å². The van der Waals surface area contributed by atoms with Crippen molar-refractivity contribution in [3.05, 3.63) is 127 Å². The predicted molar refractivity (Wildman–Crippen MR) is 142 cm³/mol. The van der Waals surface area contributed by atoms with E-state index in [1.54, 1.807) is 0 Å². The summed E-state index contributed by atoms with van der Waals surface area (Å²) in [6.45, 7) is 0. The minimum absolute atomic E-state index is 1.02. The first-order chi connectivity index (χ1) is 16.9. The van der Waals surface area contributed by atoms with Gasteiger partial charge in [0.15, 0.2) is 0 Å². The monoisotopic (exact) mass is 431 g/mol. The van der Waals surface area contributed by atoms with Crippen LogP contribution in [0.25, 0.3) is 66.7 Å². The Kier molecular flexibility index (Phi) is 4.22. The van der Waals surface area contributed by atoms with Crippen molar-refractivity contribution in [3.63, 3.8) is 0 Å². The van der Waals surface area contributed by atoms with E-state index in [0.29, 0.717) is 0 Å². The van der Waals surface area contributed by atoms with Crippen LogP contribution >= 0.6 is 0 Å². The maximum atomic E-state index is 5.43. The Morgan fingerprint density at radius 3 is 1.38 bits per heavy atom. The summed E-state index contributed by atoms with van der Waals surface area (Å²) in [6.07, 6.45) is 0. The molecule has 1 aromatic heterocycles. The molecule has 0 saturated heterocycles. The highest BCUT2D eigenvalue weighted by Gasteiger charge is 2.30. The van der Waals surface area contributed by atoms with Crippen LogP contribution in [-0.4, -0.2) is 4.98 Å². The van der Waals surface area contributed by atoms with E-state index in [0.717, 1.165) is 22.5 Å². The van der Waals surface area contributed by atoms with E-state index in [2.05, 4.69) is 127 Å². The van der Waals surface area contributed by atoms with Crippen LogP contribution in [0.1, 0.15) is 0 Å². The number of fused-ring (bicyclic) bond motifs is 3. The van der Waals surface area contributed by atoms with E-state index in [9.17, 15) is 0 Å². The quantitative estimate of drug-likeness (QED) is 0.272. The summed E-state index contributed by atoms with van der Waals surface area (Å²) in [5.41, 5.74) is 11.8. The zero-order chi connectivity index (χ0) is 22.5. The third-order valence-corrected chi connectivity index (χ3v) is 6.80. The lowest BCUT2D eigenvalue weighted by molar-refractivity contribution is 1.33. The van der Waals surface area contributed by atoms with E-state index in [4.69, 9.17) is 4.98 Å². The second kappa shape index (κ2) is 7.54. The fourth-order valence-electron chi connectivity index (χ4n) is 5.37. The lowest BCUT2D eigenvalue weighted by atomic mass is 9.88. The Morgan fingerprint density at radius 2 is 0.824 bits per heavy atom. The lowest BCUT2D eigenvalue weighted by Crippen LogP contribution is -1.98. The molecule has 1 heteroatoms. The van der Waals surface area contributed by atoms with Gasteiger partial charge in [-0.05, 0) is 27.5 Å². The zero-order valence-electron chi connectivity index (χ0n) is 18.6. The molecule has 0 fully saturated rings. The fourth-order valence-corrected chi connectivity index (χ4v) is 5.37. The summed E-state index contributed by atoms with van der Waals surface area (Å²) < 4.78 is 0. The summed E-state index contributed by atoms with van der Waals surface area (Å²) in [5.74, 6) is 0. The predicted octanol–water partition coefficient (Wildman–Crippen LogP) is 8.88. The third-order valence-electron chi connectivity index (χ3n) is 6.80. The Morgan fingerprint density at radius 1 is 0.353 bits per heavy atom. The molecule has 0 atom stereocenters. The van der Waals surface area contributed by atoms with Crippen molar-refractivity contribution >= 4 is 10.8 Å². The third kappa shape index (κ3) is 2.77. The highest BCUT2D eigenvalue weighted by Crippen LogP contribution is 2.55. The second-order valence-corrected chi connectivity index (χ2v) is 8.74. The maximum absolute atomic E-state index is 5.43. The molecule has 1 aliphatic rings. The van der Waals surface area contributed by atoms with E-state index >= 15 is 0 Å². The highest BCUT2D eigenvalue weighted by atomic mass is 14.7. The number of pyridine rings is 1. The van der Waals surface area contributed by atoms with Crippen molar-refractivity contribution in [1.82, 2.24) is 4.98 Å². The summed E-state index contributed by atoms with van der Waals surface area (Å²) in [4.78, 5) is 5.43. The van der Waals surface area contributed by atoms with Gasteiger partial charge in [-0.25, -0.2) is 4.98 Å². The number of benzene rings is 5. The average Bonchev–Trinajstić information content (AvgIpc) is 3.26. The maximum Gasteiger partial charge on any atom is 0.0794 e. The van der Waals surface area contributed by atoms with Crippen LogP contribution in [0.2, 0.25) is 0 Å². The van der Waals surface area contributed by atoms with Crippen LogP contribution in [0.5, 0.6) is 0 Å². The van der Waals surface area contributed by atoms with E-state index in [-0.39, 0.29) is 0 Å². The first-order valence-corrected chi connectivity index (χ1v) is 11.7. The van der Waals surface area contributed by atoms with Crippen LogP contribution in [0.3, 0.4) is 0 Å². The van der Waals surface area contributed by atoms with Crippen molar-refractivity contribution in [1.29, 1.82) is 0 Å². The summed E-state index contributed by atoms with van der Waals surface area (Å²) in [7, 11) is 0. The Labute approximate surface area is 199 Å². The molecule has 34 heavy (non-hydrogen) atoms. The Balaban J connectivity index is 1.71. The first kappa shape index (κ1) is 19.0.